The number of hydrogen-bond acceptors (Lipinski definition) is 6. The lowest BCUT2D eigenvalue weighted by molar-refractivity contribution is 0.0497. The number of aryl methyl sites for hydroxylation is 1. The normalized spacial score (nSPS) is 21.9. The third-order valence-electron chi connectivity index (χ3n) is 6.65. The van der Waals surface area contributed by atoms with Gasteiger partial charge in [-0.05, 0) is 69.2 Å². The Balaban J connectivity index is 1.47. The molecule has 32 heavy (non-hydrogen) atoms. The highest BCUT2D eigenvalue weighted by atomic mass is 16.5. The van der Waals surface area contributed by atoms with E-state index < -0.39 is 0 Å². The predicted octanol–water partition coefficient (Wildman–Crippen LogP) is 4.55. The maximum Gasteiger partial charge on any atom is 0.234 e. The molecule has 0 radical (unpaired) electrons. The molecule has 1 saturated heterocycles. The maximum absolute atomic E-state index is 10.2. The summed E-state index contributed by atoms with van der Waals surface area (Å²) in [6.07, 6.45) is 10.0. The van der Waals surface area contributed by atoms with Gasteiger partial charge in [0.2, 0.25) is 5.88 Å². The lowest BCUT2D eigenvalue weighted by Crippen LogP contribution is -2.42. The number of nitrogens with zero attached hydrogens (tertiary/aromatic N) is 2. The van der Waals surface area contributed by atoms with E-state index in [4.69, 9.17) is 9.47 Å². The summed E-state index contributed by atoms with van der Waals surface area (Å²) in [6.45, 7) is 4.24. The van der Waals surface area contributed by atoms with Crippen LogP contribution in [0.4, 0.5) is 0 Å². The van der Waals surface area contributed by atoms with Crippen LogP contribution in [0.5, 0.6) is 11.6 Å². The van der Waals surface area contributed by atoms with Gasteiger partial charge in [0.15, 0.2) is 0 Å². The highest BCUT2D eigenvalue weighted by Crippen LogP contribution is 2.30. The molecule has 1 aromatic heterocycles. The van der Waals surface area contributed by atoms with Crippen molar-refractivity contribution in [2.24, 2.45) is 5.92 Å². The molecule has 2 atom stereocenters. The van der Waals surface area contributed by atoms with Crippen LogP contribution in [0.15, 0.2) is 30.3 Å². The summed E-state index contributed by atoms with van der Waals surface area (Å²) >= 11 is 0. The third kappa shape index (κ3) is 6.20. The summed E-state index contributed by atoms with van der Waals surface area (Å²) in [5.74, 6) is 1.53. The molecule has 4 rings (SSSR count). The molecule has 2 heterocycles. The van der Waals surface area contributed by atoms with Gasteiger partial charge in [0.25, 0.3) is 0 Å². The Morgan fingerprint density at radius 3 is 2.62 bits per heavy atom. The zero-order valence-corrected chi connectivity index (χ0v) is 19.3. The Hall–Kier alpha value is -2.18. The molecule has 6 nitrogen and oxygen atoms in total. The molecule has 174 valence electrons. The average Bonchev–Trinajstić information content (AvgIpc) is 2.84. The van der Waals surface area contributed by atoms with Gasteiger partial charge in [-0.25, -0.2) is 0 Å². The second kappa shape index (κ2) is 11.6. The summed E-state index contributed by atoms with van der Waals surface area (Å²) in [7, 11) is 0. The van der Waals surface area contributed by atoms with E-state index in [1.54, 1.807) is 0 Å². The number of aromatic nitrogens is 2. The third-order valence-corrected chi connectivity index (χ3v) is 6.65. The molecular weight excluding hydrogens is 402 g/mol. The van der Waals surface area contributed by atoms with Gasteiger partial charge in [-0.2, -0.15) is 5.10 Å². The minimum Gasteiger partial charge on any atom is -0.490 e. The monoisotopic (exact) mass is 439 g/mol. The molecule has 6 heteroatoms. The Morgan fingerprint density at radius 1 is 1.06 bits per heavy atom. The molecule has 0 amide bonds. The first kappa shape index (κ1) is 23.0. The Bertz CT molecular complexity index is 837. The number of rotatable bonds is 9. The summed E-state index contributed by atoms with van der Waals surface area (Å²) in [6, 6.07) is 10.4. The number of aliphatic hydroxyl groups excluding tert-OH is 1. The first-order valence-electron chi connectivity index (χ1n) is 12.4. The van der Waals surface area contributed by atoms with Crippen LogP contribution in [0.25, 0.3) is 11.1 Å². The molecule has 1 aliphatic heterocycles. The summed E-state index contributed by atoms with van der Waals surface area (Å²) < 4.78 is 12.2. The van der Waals surface area contributed by atoms with Crippen molar-refractivity contribution in [2.45, 2.75) is 76.9 Å². The van der Waals surface area contributed by atoms with Gasteiger partial charge in [-0.15, -0.1) is 5.10 Å². The van der Waals surface area contributed by atoms with Gasteiger partial charge < -0.3 is 19.9 Å². The zero-order valence-electron chi connectivity index (χ0n) is 19.3. The topological polar surface area (TPSA) is 76.5 Å². The van der Waals surface area contributed by atoms with Crippen LogP contribution in [0.1, 0.15) is 64.0 Å². The van der Waals surface area contributed by atoms with Gasteiger partial charge in [-0.3, -0.25) is 0 Å². The first-order chi connectivity index (χ1) is 15.7. The Morgan fingerprint density at radius 2 is 1.88 bits per heavy atom. The summed E-state index contributed by atoms with van der Waals surface area (Å²) in [5, 5.41) is 22.3. The first-order valence-corrected chi connectivity index (χ1v) is 12.4. The number of aliphatic hydroxyl groups is 1. The number of benzene rings is 1. The molecule has 1 saturated carbocycles. The van der Waals surface area contributed by atoms with E-state index >= 15 is 0 Å². The van der Waals surface area contributed by atoms with Crippen LogP contribution in [0, 0.1) is 5.92 Å². The second-order valence-corrected chi connectivity index (χ2v) is 9.18. The van der Waals surface area contributed by atoms with Gasteiger partial charge in [0.1, 0.15) is 5.75 Å². The van der Waals surface area contributed by atoms with E-state index in [-0.39, 0.29) is 12.0 Å². The molecule has 2 aromatic rings. The molecule has 1 aliphatic carbocycles. The minimum atomic E-state index is -0.329. The van der Waals surface area contributed by atoms with Crippen LogP contribution < -0.4 is 14.8 Å². The Kier molecular flexibility index (Phi) is 8.35. The van der Waals surface area contributed by atoms with E-state index in [1.807, 2.05) is 6.07 Å². The lowest BCUT2D eigenvalue weighted by atomic mass is 9.97. The fraction of sp³-hybridized carbons (Fsp3) is 0.615. The van der Waals surface area contributed by atoms with Crippen molar-refractivity contribution in [3.63, 3.8) is 0 Å². The van der Waals surface area contributed by atoms with Crippen molar-refractivity contribution in [1.82, 2.24) is 15.5 Å². The fourth-order valence-corrected chi connectivity index (χ4v) is 4.61. The quantitative estimate of drug-likeness (QED) is 0.597. The minimum absolute atomic E-state index is 0.0741. The molecule has 2 N–H and O–H groups in total. The van der Waals surface area contributed by atoms with Crippen LogP contribution in [-0.4, -0.2) is 47.2 Å². The smallest absolute Gasteiger partial charge is 0.234 e. The fourth-order valence-electron chi connectivity index (χ4n) is 4.61. The van der Waals surface area contributed by atoms with Crippen LogP contribution in [0.3, 0.4) is 0 Å². The molecule has 1 aromatic carbocycles. The van der Waals surface area contributed by atoms with Crippen molar-refractivity contribution in [3.8, 4) is 22.8 Å². The zero-order chi connectivity index (χ0) is 22.2. The number of piperidine rings is 1. The SMILES string of the molecule is CCCCc1nnc(OC[C@H]2CNCC[C@H]2O)cc1-c1ccc(OC2CCCCC2)cc1. The Labute approximate surface area is 191 Å². The summed E-state index contributed by atoms with van der Waals surface area (Å²) in [5.41, 5.74) is 3.17. The van der Waals surface area contributed by atoms with Crippen LogP contribution in [-0.2, 0) is 6.42 Å². The van der Waals surface area contributed by atoms with Crippen molar-refractivity contribution in [2.75, 3.05) is 19.7 Å². The van der Waals surface area contributed by atoms with E-state index in [0.29, 0.717) is 18.6 Å². The largest absolute Gasteiger partial charge is 0.490 e. The van der Waals surface area contributed by atoms with Gasteiger partial charge in [-0.1, -0.05) is 31.9 Å². The number of hydrogen-bond donors (Lipinski definition) is 2. The van der Waals surface area contributed by atoms with Crippen molar-refractivity contribution < 1.29 is 14.6 Å². The van der Waals surface area contributed by atoms with E-state index in [1.165, 1.54) is 19.3 Å². The summed E-state index contributed by atoms with van der Waals surface area (Å²) in [4.78, 5) is 0. The molecular formula is C26H37N3O3. The number of ether oxygens (including phenoxy) is 2. The highest BCUT2D eigenvalue weighted by Gasteiger charge is 2.24. The average molecular weight is 440 g/mol. The van der Waals surface area contributed by atoms with Gasteiger partial charge in [0, 0.05) is 24.1 Å². The molecule has 0 spiro atoms. The van der Waals surface area contributed by atoms with Crippen LogP contribution >= 0.6 is 0 Å². The number of unbranched alkanes of at least 4 members (excludes halogenated alkanes) is 1. The van der Waals surface area contributed by atoms with E-state index in [2.05, 4.69) is 46.7 Å². The molecule has 0 bridgehead atoms. The van der Waals surface area contributed by atoms with Gasteiger partial charge in [0.05, 0.1) is 24.5 Å². The molecule has 2 fully saturated rings. The van der Waals surface area contributed by atoms with Crippen molar-refractivity contribution in [3.05, 3.63) is 36.0 Å². The molecule has 0 unspecified atom stereocenters. The molecule has 2 aliphatic rings. The van der Waals surface area contributed by atoms with E-state index in [9.17, 15) is 5.11 Å². The second-order valence-electron chi connectivity index (χ2n) is 9.18. The standard InChI is InChI=1S/C26H37N3O3/c1-2-3-9-24-23(16-26(29-28-24)31-18-20-17-27-15-14-25(20)30)19-10-12-22(13-11-19)32-21-7-5-4-6-8-21/h10-13,16,20-21,25,27,30H,2-9,14-15,17-18H2,1H3/t20-,25-/m1/s1. The highest BCUT2D eigenvalue weighted by molar-refractivity contribution is 5.67. The lowest BCUT2D eigenvalue weighted by Gasteiger charge is -2.28. The van der Waals surface area contributed by atoms with Gasteiger partial charge >= 0.3 is 0 Å². The van der Waals surface area contributed by atoms with E-state index in [0.717, 1.165) is 74.2 Å². The van der Waals surface area contributed by atoms with Crippen molar-refractivity contribution >= 4 is 0 Å². The van der Waals surface area contributed by atoms with Crippen molar-refractivity contribution in [1.29, 1.82) is 0 Å². The predicted molar refractivity (Wildman–Crippen MR) is 126 cm³/mol. The maximum atomic E-state index is 10.2. The number of nitrogens with one attached hydrogen (secondary N) is 1. The van der Waals surface area contributed by atoms with Crippen LogP contribution in [0.2, 0.25) is 0 Å².